The van der Waals surface area contributed by atoms with Gasteiger partial charge < -0.3 is 15.6 Å². The minimum atomic E-state index is -1.05. The number of anilines is 1. The average molecular weight is 247 g/mol. The first-order valence-electron chi connectivity index (χ1n) is 5.40. The van der Waals surface area contributed by atoms with Crippen molar-refractivity contribution in [3.8, 4) is 5.75 Å². The van der Waals surface area contributed by atoms with Gasteiger partial charge in [-0.1, -0.05) is 0 Å². The Hall–Kier alpha value is -2.50. The summed E-state index contributed by atoms with van der Waals surface area (Å²) in [4.78, 5) is 10.8. The topological polar surface area (TPSA) is 90.4 Å². The zero-order valence-corrected chi connectivity index (χ0v) is 9.61. The molecule has 0 saturated carbocycles. The maximum Gasteiger partial charge on any atom is 0.337 e. The molecule has 1 aromatic carbocycles. The zero-order valence-electron chi connectivity index (χ0n) is 9.61. The quantitative estimate of drug-likeness (QED) is 0.776. The van der Waals surface area contributed by atoms with E-state index in [4.69, 9.17) is 15.6 Å². The van der Waals surface area contributed by atoms with Gasteiger partial charge in [0.15, 0.2) is 0 Å². The van der Waals surface area contributed by atoms with Crippen molar-refractivity contribution < 1.29 is 14.6 Å². The first kappa shape index (κ1) is 12.0. The summed E-state index contributed by atoms with van der Waals surface area (Å²) >= 11 is 0. The van der Waals surface area contributed by atoms with Crippen LogP contribution in [-0.4, -0.2) is 27.5 Å². The molecule has 0 spiro atoms. The van der Waals surface area contributed by atoms with Crippen LogP contribution in [0.25, 0.3) is 0 Å². The number of carboxylic acid groups (broad SMARTS) is 1. The van der Waals surface area contributed by atoms with E-state index in [0.717, 1.165) is 0 Å². The minimum Gasteiger partial charge on any atom is -0.492 e. The second-order valence-electron chi connectivity index (χ2n) is 3.67. The minimum absolute atomic E-state index is 0.0782. The van der Waals surface area contributed by atoms with Gasteiger partial charge in [0, 0.05) is 24.1 Å². The van der Waals surface area contributed by atoms with Crippen LogP contribution in [0.15, 0.2) is 36.7 Å². The fourth-order valence-corrected chi connectivity index (χ4v) is 1.52. The Morgan fingerprint density at radius 2 is 2.33 bits per heavy atom. The molecule has 0 saturated heterocycles. The SMILES string of the molecule is Nc1cc(OCCn2cccn2)ccc1C(=O)O. The monoisotopic (exact) mass is 247 g/mol. The highest BCUT2D eigenvalue weighted by molar-refractivity contribution is 5.93. The van der Waals surface area contributed by atoms with Crippen molar-refractivity contribution in [3.05, 3.63) is 42.2 Å². The Morgan fingerprint density at radius 1 is 1.50 bits per heavy atom. The lowest BCUT2D eigenvalue weighted by Gasteiger charge is -2.08. The van der Waals surface area contributed by atoms with E-state index in [0.29, 0.717) is 18.9 Å². The summed E-state index contributed by atoms with van der Waals surface area (Å²) in [5, 5.41) is 12.9. The molecular weight excluding hydrogens is 234 g/mol. The fourth-order valence-electron chi connectivity index (χ4n) is 1.52. The van der Waals surface area contributed by atoms with Crippen LogP contribution < -0.4 is 10.5 Å². The third kappa shape index (κ3) is 2.79. The van der Waals surface area contributed by atoms with Crippen molar-refractivity contribution in [1.82, 2.24) is 9.78 Å². The van der Waals surface area contributed by atoms with Gasteiger partial charge in [-0.25, -0.2) is 4.79 Å². The molecular formula is C12H13N3O3. The molecule has 2 aromatic rings. The molecule has 0 aliphatic carbocycles. The van der Waals surface area contributed by atoms with E-state index in [1.54, 1.807) is 16.9 Å². The molecule has 1 heterocycles. The first-order valence-corrected chi connectivity index (χ1v) is 5.40. The smallest absolute Gasteiger partial charge is 0.337 e. The van der Waals surface area contributed by atoms with Crippen molar-refractivity contribution in [2.75, 3.05) is 12.3 Å². The van der Waals surface area contributed by atoms with Gasteiger partial charge in [-0.3, -0.25) is 4.68 Å². The molecule has 2 rings (SSSR count). The molecule has 3 N–H and O–H groups in total. The van der Waals surface area contributed by atoms with Crippen molar-refractivity contribution in [2.24, 2.45) is 0 Å². The number of nitrogens with two attached hydrogens (primary N) is 1. The van der Waals surface area contributed by atoms with Crippen LogP contribution >= 0.6 is 0 Å². The lowest BCUT2D eigenvalue weighted by atomic mass is 10.2. The molecule has 0 bridgehead atoms. The molecule has 0 unspecified atom stereocenters. The maximum absolute atomic E-state index is 10.8. The second-order valence-corrected chi connectivity index (χ2v) is 3.67. The number of aromatic carboxylic acids is 1. The predicted molar refractivity (Wildman–Crippen MR) is 65.5 cm³/mol. The molecule has 6 nitrogen and oxygen atoms in total. The first-order chi connectivity index (χ1) is 8.66. The standard InChI is InChI=1S/C12H13N3O3/c13-11-8-9(2-3-10(11)12(16)17)18-7-6-15-5-1-4-14-15/h1-5,8H,6-7,13H2,(H,16,17). The summed E-state index contributed by atoms with van der Waals surface area (Å²) in [7, 11) is 0. The van der Waals surface area contributed by atoms with Crippen LogP contribution in [0.3, 0.4) is 0 Å². The average Bonchev–Trinajstić information content (AvgIpc) is 2.81. The zero-order chi connectivity index (χ0) is 13.0. The van der Waals surface area contributed by atoms with Gasteiger partial charge in [0.1, 0.15) is 12.4 Å². The number of nitrogen functional groups attached to an aromatic ring is 1. The molecule has 18 heavy (non-hydrogen) atoms. The summed E-state index contributed by atoms with van der Waals surface area (Å²) in [6.45, 7) is 1.06. The summed E-state index contributed by atoms with van der Waals surface area (Å²) in [5.41, 5.74) is 5.88. The van der Waals surface area contributed by atoms with Gasteiger partial charge in [-0.05, 0) is 18.2 Å². The van der Waals surface area contributed by atoms with Gasteiger partial charge in [0.05, 0.1) is 12.1 Å². The number of nitrogens with zero attached hydrogens (tertiary/aromatic N) is 2. The van der Waals surface area contributed by atoms with Gasteiger partial charge in [-0.15, -0.1) is 0 Å². The number of benzene rings is 1. The van der Waals surface area contributed by atoms with E-state index >= 15 is 0 Å². The molecule has 0 radical (unpaired) electrons. The molecule has 0 atom stereocenters. The number of aromatic nitrogens is 2. The third-order valence-electron chi connectivity index (χ3n) is 2.40. The van der Waals surface area contributed by atoms with Crippen LogP contribution in [0.2, 0.25) is 0 Å². The molecule has 0 aliphatic heterocycles. The predicted octanol–water partition coefficient (Wildman–Crippen LogP) is 1.24. The Labute approximate surface area is 104 Å². The molecule has 0 amide bonds. The number of hydrogen-bond donors (Lipinski definition) is 2. The van der Waals surface area contributed by atoms with Crippen LogP contribution in [0.5, 0.6) is 5.75 Å². The van der Waals surface area contributed by atoms with Crippen LogP contribution in [0.1, 0.15) is 10.4 Å². The third-order valence-corrected chi connectivity index (χ3v) is 2.40. The lowest BCUT2D eigenvalue weighted by molar-refractivity contribution is 0.0698. The van der Waals surface area contributed by atoms with Crippen molar-refractivity contribution >= 4 is 11.7 Å². The van der Waals surface area contributed by atoms with E-state index in [1.165, 1.54) is 12.1 Å². The fraction of sp³-hybridized carbons (Fsp3) is 0.167. The van der Waals surface area contributed by atoms with E-state index in [1.807, 2.05) is 12.3 Å². The highest BCUT2D eigenvalue weighted by Crippen LogP contribution is 2.19. The molecule has 0 aliphatic rings. The second kappa shape index (κ2) is 5.22. The highest BCUT2D eigenvalue weighted by Gasteiger charge is 2.08. The summed E-state index contributed by atoms with van der Waals surface area (Å²) in [6.07, 6.45) is 3.53. The molecule has 1 aromatic heterocycles. The summed E-state index contributed by atoms with van der Waals surface area (Å²) < 4.78 is 7.21. The lowest BCUT2D eigenvalue weighted by Crippen LogP contribution is -2.09. The highest BCUT2D eigenvalue weighted by atomic mass is 16.5. The van der Waals surface area contributed by atoms with Crippen LogP contribution in [0.4, 0.5) is 5.69 Å². The summed E-state index contributed by atoms with van der Waals surface area (Å²) in [6, 6.07) is 6.36. The Kier molecular flexibility index (Phi) is 3.47. The largest absolute Gasteiger partial charge is 0.492 e. The number of rotatable bonds is 5. The van der Waals surface area contributed by atoms with Gasteiger partial charge in [0.25, 0.3) is 0 Å². The van der Waals surface area contributed by atoms with Crippen LogP contribution in [0, 0.1) is 0 Å². The Bertz CT molecular complexity index is 538. The van der Waals surface area contributed by atoms with Crippen molar-refractivity contribution in [1.29, 1.82) is 0 Å². The van der Waals surface area contributed by atoms with Gasteiger partial charge in [-0.2, -0.15) is 5.10 Å². The van der Waals surface area contributed by atoms with E-state index in [2.05, 4.69) is 5.10 Å². The van der Waals surface area contributed by atoms with Crippen molar-refractivity contribution in [3.63, 3.8) is 0 Å². The van der Waals surface area contributed by atoms with Gasteiger partial charge in [0.2, 0.25) is 0 Å². The van der Waals surface area contributed by atoms with E-state index in [9.17, 15) is 4.79 Å². The normalized spacial score (nSPS) is 10.2. The maximum atomic E-state index is 10.8. The number of hydrogen-bond acceptors (Lipinski definition) is 4. The number of ether oxygens (including phenoxy) is 1. The molecule has 94 valence electrons. The summed E-state index contributed by atoms with van der Waals surface area (Å²) in [5.74, 6) is -0.500. The van der Waals surface area contributed by atoms with E-state index in [-0.39, 0.29) is 11.3 Å². The number of carbonyl (C=O) groups is 1. The molecule has 0 fully saturated rings. The van der Waals surface area contributed by atoms with Crippen molar-refractivity contribution in [2.45, 2.75) is 6.54 Å². The van der Waals surface area contributed by atoms with Gasteiger partial charge >= 0.3 is 5.97 Å². The number of carboxylic acids is 1. The molecule has 6 heteroatoms. The Morgan fingerprint density at radius 3 is 2.94 bits per heavy atom. The van der Waals surface area contributed by atoms with Crippen LogP contribution in [-0.2, 0) is 6.54 Å². The van der Waals surface area contributed by atoms with E-state index < -0.39 is 5.97 Å². The Balaban J connectivity index is 1.94.